The highest BCUT2D eigenvalue weighted by Crippen LogP contribution is 2.22. The third-order valence-corrected chi connectivity index (χ3v) is 6.19. The lowest BCUT2D eigenvalue weighted by Gasteiger charge is -2.33. The van der Waals surface area contributed by atoms with Gasteiger partial charge in [0, 0.05) is 32.7 Å². The quantitative estimate of drug-likeness (QED) is 0.603. The van der Waals surface area contributed by atoms with E-state index in [1.54, 1.807) is 7.11 Å². The van der Waals surface area contributed by atoms with Gasteiger partial charge in [0.2, 0.25) is 5.91 Å². The number of methoxy groups -OCH3 is 1. The van der Waals surface area contributed by atoms with Crippen LogP contribution in [0.25, 0.3) is 0 Å². The maximum Gasteiger partial charge on any atom is 0.233 e. The molecule has 1 aliphatic heterocycles. The van der Waals surface area contributed by atoms with Gasteiger partial charge in [-0.3, -0.25) is 4.79 Å². The minimum atomic E-state index is 0.198. The molecule has 2 heterocycles. The highest BCUT2D eigenvalue weighted by molar-refractivity contribution is 7.99. The van der Waals surface area contributed by atoms with Gasteiger partial charge in [0.1, 0.15) is 5.82 Å². The smallest absolute Gasteiger partial charge is 0.233 e. The predicted molar refractivity (Wildman–Crippen MR) is 111 cm³/mol. The van der Waals surface area contributed by atoms with Gasteiger partial charge in [-0.15, -0.1) is 10.2 Å². The predicted octanol–water partition coefficient (Wildman–Crippen LogP) is 3.20. The summed E-state index contributed by atoms with van der Waals surface area (Å²) in [6.07, 6.45) is 5.16. The number of rotatable bonds is 9. The number of aromatic nitrogens is 3. The van der Waals surface area contributed by atoms with Crippen molar-refractivity contribution >= 4 is 17.7 Å². The lowest BCUT2D eigenvalue weighted by atomic mass is 10.0. The van der Waals surface area contributed by atoms with Crippen LogP contribution < -0.4 is 0 Å². The Morgan fingerprint density at radius 1 is 1.21 bits per heavy atom. The summed E-state index contributed by atoms with van der Waals surface area (Å²) in [5, 5.41) is 9.57. The number of thioether (sulfide) groups is 1. The normalized spacial score (nSPS) is 17.1. The molecule has 0 spiro atoms. The van der Waals surface area contributed by atoms with E-state index in [2.05, 4.69) is 46.0 Å². The Balaban J connectivity index is 1.62. The van der Waals surface area contributed by atoms with Gasteiger partial charge in [-0.1, -0.05) is 42.1 Å². The van der Waals surface area contributed by atoms with Crippen molar-refractivity contribution in [3.63, 3.8) is 0 Å². The summed E-state index contributed by atoms with van der Waals surface area (Å²) in [5.41, 5.74) is 1.28. The second kappa shape index (κ2) is 10.6. The number of ether oxygens (including phenoxy) is 1. The first-order chi connectivity index (χ1) is 13.7. The topological polar surface area (TPSA) is 60.2 Å². The van der Waals surface area contributed by atoms with Gasteiger partial charge in [-0.25, -0.2) is 0 Å². The highest BCUT2D eigenvalue weighted by Gasteiger charge is 2.24. The van der Waals surface area contributed by atoms with Crippen molar-refractivity contribution < 1.29 is 9.53 Å². The summed E-state index contributed by atoms with van der Waals surface area (Å²) in [5.74, 6) is 1.56. The van der Waals surface area contributed by atoms with Crippen LogP contribution in [0.1, 0.15) is 37.6 Å². The summed E-state index contributed by atoms with van der Waals surface area (Å²) < 4.78 is 7.36. The van der Waals surface area contributed by atoms with Crippen molar-refractivity contribution in [1.29, 1.82) is 0 Å². The van der Waals surface area contributed by atoms with E-state index < -0.39 is 0 Å². The number of piperidine rings is 1. The molecular formula is C21H30N4O2S. The summed E-state index contributed by atoms with van der Waals surface area (Å²) >= 11 is 1.49. The molecular weight excluding hydrogens is 372 g/mol. The Morgan fingerprint density at radius 2 is 2.04 bits per heavy atom. The van der Waals surface area contributed by atoms with E-state index >= 15 is 0 Å². The lowest BCUT2D eigenvalue weighted by molar-refractivity contribution is -0.131. The SMILES string of the molecule is COCCn1c(CCc2ccccc2)nnc1SCC(=O)N1CCCC[C@@H]1C. The van der Waals surface area contributed by atoms with Crippen molar-refractivity contribution in [3.05, 3.63) is 41.7 Å². The number of likely N-dealkylation sites (tertiary alicyclic amines) is 1. The van der Waals surface area contributed by atoms with Crippen LogP contribution in [0.5, 0.6) is 0 Å². The molecule has 2 aromatic rings. The molecule has 152 valence electrons. The molecule has 0 aliphatic carbocycles. The molecule has 0 radical (unpaired) electrons. The first kappa shape index (κ1) is 20.9. The third-order valence-electron chi connectivity index (χ3n) is 5.24. The van der Waals surface area contributed by atoms with E-state index in [-0.39, 0.29) is 5.91 Å². The summed E-state index contributed by atoms with van der Waals surface area (Å²) in [4.78, 5) is 14.7. The van der Waals surface area contributed by atoms with E-state index in [1.165, 1.54) is 23.7 Å². The minimum Gasteiger partial charge on any atom is -0.383 e. The Bertz CT molecular complexity index is 750. The molecule has 0 bridgehead atoms. The van der Waals surface area contributed by atoms with Crippen molar-refractivity contribution in [2.75, 3.05) is 26.0 Å². The zero-order chi connectivity index (χ0) is 19.8. The van der Waals surface area contributed by atoms with Crippen molar-refractivity contribution in [2.45, 2.75) is 56.8 Å². The monoisotopic (exact) mass is 402 g/mol. The van der Waals surface area contributed by atoms with Gasteiger partial charge >= 0.3 is 0 Å². The number of amides is 1. The Morgan fingerprint density at radius 3 is 2.79 bits per heavy atom. The second-order valence-electron chi connectivity index (χ2n) is 7.25. The number of hydrogen-bond acceptors (Lipinski definition) is 5. The molecule has 1 amide bonds. The zero-order valence-corrected chi connectivity index (χ0v) is 17.7. The first-order valence-corrected chi connectivity index (χ1v) is 11.0. The van der Waals surface area contributed by atoms with Crippen LogP contribution in [0.15, 0.2) is 35.5 Å². The van der Waals surface area contributed by atoms with E-state index in [0.29, 0.717) is 24.9 Å². The maximum atomic E-state index is 12.6. The molecule has 3 rings (SSSR count). The molecule has 28 heavy (non-hydrogen) atoms. The van der Waals surface area contributed by atoms with Crippen molar-refractivity contribution in [1.82, 2.24) is 19.7 Å². The van der Waals surface area contributed by atoms with Crippen LogP contribution in [0, 0.1) is 0 Å². The van der Waals surface area contributed by atoms with Crippen LogP contribution in [0.3, 0.4) is 0 Å². The number of hydrogen-bond donors (Lipinski definition) is 0. The lowest BCUT2D eigenvalue weighted by Crippen LogP contribution is -2.43. The van der Waals surface area contributed by atoms with Crippen LogP contribution in [-0.4, -0.2) is 57.6 Å². The van der Waals surface area contributed by atoms with Gasteiger partial charge in [-0.05, 0) is 38.2 Å². The van der Waals surface area contributed by atoms with Crippen LogP contribution in [-0.2, 0) is 28.9 Å². The molecule has 7 heteroatoms. The van der Waals surface area contributed by atoms with Gasteiger partial charge in [0.05, 0.1) is 12.4 Å². The molecule has 1 aromatic heterocycles. The van der Waals surface area contributed by atoms with E-state index in [0.717, 1.165) is 43.2 Å². The highest BCUT2D eigenvalue weighted by atomic mass is 32.2. The minimum absolute atomic E-state index is 0.198. The molecule has 1 fully saturated rings. The average Bonchev–Trinajstić information content (AvgIpc) is 3.11. The molecule has 0 unspecified atom stereocenters. The van der Waals surface area contributed by atoms with Crippen molar-refractivity contribution in [2.24, 2.45) is 0 Å². The van der Waals surface area contributed by atoms with E-state index in [4.69, 9.17) is 4.74 Å². The molecule has 6 nitrogen and oxygen atoms in total. The van der Waals surface area contributed by atoms with Gasteiger partial charge in [0.25, 0.3) is 0 Å². The van der Waals surface area contributed by atoms with Crippen LogP contribution in [0.4, 0.5) is 0 Å². The zero-order valence-electron chi connectivity index (χ0n) is 16.8. The van der Waals surface area contributed by atoms with Crippen LogP contribution in [0.2, 0.25) is 0 Å². The summed E-state index contributed by atoms with van der Waals surface area (Å²) in [6.45, 7) is 4.31. The summed E-state index contributed by atoms with van der Waals surface area (Å²) in [7, 11) is 1.70. The average molecular weight is 403 g/mol. The largest absolute Gasteiger partial charge is 0.383 e. The van der Waals surface area contributed by atoms with Gasteiger partial charge in [0.15, 0.2) is 5.16 Å². The number of carbonyl (C=O) groups excluding carboxylic acids is 1. The molecule has 1 atom stereocenters. The fraction of sp³-hybridized carbons (Fsp3) is 0.571. The number of nitrogens with zero attached hydrogens (tertiary/aromatic N) is 4. The first-order valence-electron chi connectivity index (χ1n) is 10.1. The van der Waals surface area contributed by atoms with Gasteiger partial charge in [-0.2, -0.15) is 0 Å². The number of benzene rings is 1. The van der Waals surface area contributed by atoms with Gasteiger partial charge < -0.3 is 14.2 Å². The fourth-order valence-corrected chi connectivity index (χ4v) is 4.47. The Kier molecular flexibility index (Phi) is 7.91. The molecule has 1 aromatic carbocycles. The standard InChI is InChI=1S/C21H30N4O2S/c1-17-8-6-7-13-24(17)20(26)16-28-21-23-22-19(25(21)14-15-27-2)12-11-18-9-4-3-5-10-18/h3-5,9-10,17H,6-8,11-16H2,1-2H3/t17-/m0/s1. The number of carbonyl (C=O) groups is 1. The second-order valence-corrected chi connectivity index (χ2v) is 8.19. The molecule has 1 saturated heterocycles. The Hall–Kier alpha value is -1.86. The molecule has 1 aliphatic rings. The summed E-state index contributed by atoms with van der Waals surface area (Å²) in [6, 6.07) is 10.7. The molecule has 0 N–H and O–H groups in total. The van der Waals surface area contributed by atoms with Crippen molar-refractivity contribution in [3.8, 4) is 0 Å². The van der Waals surface area contributed by atoms with E-state index in [9.17, 15) is 4.79 Å². The van der Waals surface area contributed by atoms with Crippen LogP contribution >= 0.6 is 11.8 Å². The fourth-order valence-electron chi connectivity index (χ4n) is 3.60. The maximum absolute atomic E-state index is 12.6. The number of aryl methyl sites for hydroxylation is 2. The third kappa shape index (κ3) is 5.58. The molecule has 0 saturated carbocycles. The van der Waals surface area contributed by atoms with E-state index in [1.807, 2.05) is 11.0 Å². The Labute approximate surface area is 171 Å².